The van der Waals surface area contributed by atoms with Gasteiger partial charge in [-0.15, -0.1) is 0 Å². The lowest BCUT2D eigenvalue weighted by Gasteiger charge is -2.03. The second-order valence-corrected chi connectivity index (χ2v) is 4.24. The van der Waals surface area contributed by atoms with Crippen LogP contribution in [-0.2, 0) is 7.05 Å². The van der Waals surface area contributed by atoms with Crippen LogP contribution >= 0.6 is 0 Å². The van der Waals surface area contributed by atoms with E-state index in [2.05, 4.69) is 15.1 Å². The van der Waals surface area contributed by atoms with Crippen molar-refractivity contribution in [3.8, 4) is 28.9 Å². The molecule has 20 heavy (non-hydrogen) atoms. The van der Waals surface area contributed by atoms with Gasteiger partial charge in [0.2, 0.25) is 5.82 Å². The van der Waals surface area contributed by atoms with Crippen LogP contribution in [0.1, 0.15) is 0 Å². The van der Waals surface area contributed by atoms with Crippen molar-refractivity contribution in [3.05, 3.63) is 30.6 Å². The number of benzene rings is 1. The Morgan fingerprint density at radius 1 is 1.35 bits per heavy atom. The maximum absolute atomic E-state index is 5.96. The highest BCUT2D eigenvalue weighted by Gasteiger charge is 2.15. The van der Waals surface area contributed by atoms with E-state index in [4.69, 9.17) is 15.0 Å². The minimum absolute atomic E-state index is 0.350. The van der Waals surface area contributed by atoms with Crippen molar-refractivity contribution in [2.45, 2.75) is 0 Å². The second-order valence-electron chi connectivity index (χ2n) is 4.24. The van der Waals surface area contributed by atoms with Crippen LogP contribution in [0.2, 0.25) is 0 Å². The molecule has 0 saturated carbocycles. The molecular formula is C13H13N5O2. The third-order valence-corrected chi connectivity index (χ3v) is 2.94. The van der Waals surface area contributed by atoms with Crippen LogP contribution in [-0.4, -0.2) is 26.8 Å². The number of nitrogens with zero attached hydrogens (tertiary/aromatic N) is 4. The highest BCUT2D eigenvalue weighted by atomic mass is 16.5. The number of hydrogen-bond acceptors (Lipinski definition) is 6. The normalized spacial score (nSPS) is 10.7. The molecule has 0 spiro atoms. The van der Waals surface area contributed by atoms with Crippen LogP contribution < -0.4 is 10.5 Å². The lowest BCUT2D eigenvalue weighted by Crippen LogP contribution is -1.94. The lowest BCUT2D eigenvalue weighted by atomic mass is 10.1. The third kappa shape index (κ3) is 1.99. The van der Waals surface area contributed by atoms with E-state index < -0.39 is 0 Å². The molecule has 7 heteroatoms. The van der Waals surface area contributed by atoms with Gasteiger partial charge in [0.25, 0.3) is 5.89 Å². The SMILES string of the molecule is COc1ccc(-c2nc(-c3nccn3C)no2)c(N)c1. The average molecular weight is 271 g/mol. The molecule has 1 aromatic carbocycles. The van der Waals surface area contributed by atoms with Gasteiger partial charge in [-0.1, -0.05) is 5.16 Å². The standard InChI is InChI=1S/C13H13N5O2/c1-18-6-5-15-12(18)11-16-13(20-17-11)9-4-3-8(19-2)7-10(9)14/h3-7H,14H2,1-2H3. The zero-order valence-corrected chi connectivity index (χ0v) is 11.1. The predicted molar refractivity (Wildman–Crippen MR) is 72.9 cm³/mol. The molecule has 0 amide bonds. The van der Waals surface area contributed by atoms with Gasteiger partial charge >= 0.3 is 0 Å². The Bertz CT molecular complexity index is 747. The first-order chi connectivity index (χ1) is 9.69. The molecule has 2 aromatic heterocycles. The van der Waals surface area contributed by atoms with Crippen molar-refractivity contribution in [1.82, 2.24) is 19.7 Å². The Balaban J connectivity index is 2.00. The molecule has 0 atom stereocenters. The number of nitrogen functional groups attached to an aromatic ring is 1. The molecule has 0 aliphatic rings. The summed E-state index contributed by atoms with van der Waals surface area (Å²) in [7, 11) is 3.44. The van der Waals surface area contributed by atoms with Crippen LogP contribution in [0.15, 0.2) is 35.1 Å². The Kier molecular flexibility index (Phi) is 2.86. The van der Waals surface area contributed by atoms with Crippen molar-refractivity contribution in [2.75, 3.05) is 12.8 Å². The van der Waals surface area contributed by atoms with E-state index in [-0.39, 0.29) is 0 Å². The van der Waals surface area contributed by atoms with Crippen LogP contribution in [0.3, 0.4) is 0 Å². The fraction of sp³-hybridized carbons (Fsp3) is 0.154. The van der Waals surface area contributed by atoms with Gasteiger partial charge in [0, 0.05) is 31.2 Å². The number of ether oxygens (including phenoxy) is 1. The van der Waals surface area contributed by atoms with Gasteiger partial charge in [0.05, 0.1) is 12.7 Å². The van der Waals surface area contributed by atoms with E-state index in [0.29, 0.717) is 34.5 Å². The summed E-state index contributed by atoms with van der Waals surface area (Å²) in [4.78, 5) is 8.49. The monoisotopic (exact) mass is 271 g/mol. The lowest BCUT2D eigenvalue weighted by molar-refractivity contribution is 0.414. The maximum Gasteiger partial charge on any atom is 0.260 e. The minimum atomic E-state index is 0.350. The molecule has 3 rings (SSSR count). The summed E-state index contributed by atoms with van der Waals surface area (Å²) in [5.41, 5.74) is 7.14. The third-order valence-electron chi connectivity index (χ3n) is 2.94. The second kappa shape index (κ2) is 4.69. The fourth-order valence-corrected chi connectivity index (χ4v) is 1.87. The topological polar surface area (TPSA) is 92.0 Å². The molecule has 3 aromatic rings. The van der Waals surface area contributed by atoms with Gasteiger partial charge in [-0.2, -0.15) is 4.98 Å². The maximum atomic E-state index is 5.96. The summed E-state index contributed by atoms with van der Waals surface area (Å²) in [6.07, 6.45) is 3.49. The van der Waals surface area contributed by atoms with Crippen LogP contribution in [0.5, 0.6) is 5.75 Å². The van der Waals surface area contributed by atoms with Crippen molar-refractivity contribution >= 4 is 5.69 Å². The summed E-state index contributed by atoms with van der Waals surface area (Å²) >= 11 is 0. The first-order valence-corrected chi connectivity index (χ1v) is 5.94. The molecule has 2 N–H and O–H groups in total. The average Bonchev–Trinajstić information content (AvgIpc) is 3.07. The highest BCUT2D eigenvalue weighted by Crippen LogP contribution is 2.29. The first-order valence-electron chi connectivity index (χ1n) is 5.94. The summed E-state index contributed by atoms with van der Waals surface area (Å²) in [5, 5.41) is 3.92. The zero-order valence-electron chi connectivity index (χ0n) is 11.1. The van der Waals surface area contributed by atoms with E-state index in [0.717, 1.165) is 0 Å². The van der Waals surface area contributed by atoms with Gasteiger partial charge in [-0.25, -0.2) is 4.98 Å². The number of aromatic nitrogens is 4. The first kappa shape index (κ1) is 12.2. The number of nitrogens with two attached hydrogens (primary N) is 1. The zero-order chi connectivity index (χ0) is 14.1. The summed E-state index contributed by atoms with van der Waals surface area (Å²) in [6.45, 7) is 0. The smallest absolute Gasteiger partial charge is 0.260 e. The van der Waals surface area contributed by atoms with Gasteiger partial charge in [-0.05, 0) is 12.1 Å². The number of methoxy groups -OCH3 is 1. The molecule has 0 bridgehead atoms. The van der Waals surface area contributed by atoms with E-state index in [1.165, 1.54) is 0 Å². The molecule has 0 unspecified atom stereocenters. The van der Waals surface area contributed by atoms with E-state index in [9.17, 15) is 0 Å². The molecule has 0 radical (unpaired) electrons. The number of aryl methyl sites for hydroxylation is 1. The molecule has 0 saturated heterocycles. The van der Waals surface area contributed by atoms with Crippen molar-refractivity contribution in [1.29, 1.82) is 0 Å². The summed E-state index contributed by atoms with van der Waals surface area (Å²) in [5.74, 6) is 2.08. The Labute approximate surface area is 115 Å². The van der Waals surface area contributed by atoms with E-state index in [1.54, 1.807) is 31.5 Å². The largest absolute Gasteiger partial charge is 0.497 e. The highest BCUT2D eigenvalue weighted by molar-refractivity contribution is 5.72. The molecule has 0 fully saturated rings. The van der Waals surface area contributed by atoms with Crippen LogP contribution in [0.25, 0.3) is 23.1 Å². The van der Waals surface area contributed by atoms with Gasteiger partial charge < -0.3 is 19.6 Å². The molecule has 102 valence electrons. The van der Waals surface area contributed by atoms with Crippen molar-refractivity contribution in [3.63, 3.8) is 0 Å². The summed E-state index contributed by atoms with van der Waals surface area (Å²) in [6, 6.07) is 5.28. The van der Waals surface area contributed by atoms with E-state index >= 15 is 0 Å². The molecule has 2 heterocycles. The Morgan fingerprint density at radius 2 is 2.20 bits per heavy atom. The number of rotatable bonds is 3. The van der Waals surface area contributed by atoms with Gasteiger partial charge in [0.15, 0.2) is 5.82 Å². The number of anilines is 1. The number of imidazole rings is 1. The quantitative estimate of drug-likeness (QED) is 0.729. The van der Waals surface area contributed by atoms with Crippen LogP contribution in [0.4, 0.5) is 5.69 Å². The molecular weight excluding hydrogens is 258 g/mol. The Hall–Kier alpha value is -2.83. The molecule has 0 aliphatic heterocycles. The molecule has 0 aliphatic carbocycles. The van der Waals surface area contributed by atoms with Crippen molar-refractivity contribution in [2.24, 2.45) is 7.05 Å². The Morgan fingerprint density at radius 3 is 2.85 bits per heavy atom. The fourth-order valence-electron chi connectivity index (χ4n) is 1.87. The van der Waals surface area contributed by atoms with Crippen molar-refractivity contribution < 1.29 is 9.26 Å². The van der Waals surface area contributed by atoms with Gasteiger partial charge in [-0.3, -0.25) is 0 Å². The van der Waals surface area contributed by atoms with Crippen LogP contribution in [0, 0.1) is 0 Å². The predicted octanol–water partition coefficient (Wildman–Crippen LogP) is 1.73. The van der Waals surface area contributed by atoms with E-state index in [1.807, 2.05) is 17.8 Å². The molecule has 7 nitrogen and oxygen atoms in total. The summed E-state index contributed by atoms with van der Waals surface area (Å²) < 4.78 is 12.2. The number of hydrogen-bond donors (Lipinski definition) is 1. The van der Waals surface area contributed by atoms with Gasteiger partial charge in [0.1, 0.15) is 5.75 Å². The minimum Gasteiger partial charge on any atom is -0.497 e.